The Kier molecular flexibility index (Phi) is 34.3. The van der Waals surface area contributed by atoms with Crippen LogP contribution in [0.2, 0.25) is 0 Å². The number of hydrogen-bond donors (Lipinski definition) is 1. The number of esters is 2. The maximum atomic E-state index is 12.6. The molecule has 10 heteroatoms. The Morgan fingerprint density at radius 1 is 0.585 bits per heavy atom. The lowest BCUT2D eigenvalue weighted by molar-refractivity contribution is -0.870. The molecule has 0 radical (unpaired) electrons. The molecule has 53 heavy (non-hydrogen) atoms. The topological polar surface area (TPSA) is 108 Å². The SMILES string of the molecule is CCCCCCCCC/C=C\C/C=C\CCC(=O)OCC(COP(=O)(O)OCC[N+](C)(C)C)OC(=O)CC/C=C\C/C=C\CCCCCCCCCC. The zero-order valence-corrected chi connectivity index (χ0v) is 35.4. The lowest BCUT2D eigenvalue weighted by Gasteiger charge is -2.24. The molecular weight excluding hydrogens is 689 g/mol. The van der Waals surface area contributed by atoms with Crippen LogP contribution >= 0.6 is 7.82 Å². The highest BCUT2D eigenvalue weighted by atomic mass is 31.2. The van der Waals surface area contributed by atoms with Gasteiger partial charge in [0, 0.05) is 12.8 Å². The molecule has 0 fully saturated rings. The molecule has 0 aromatic carbocycles. The molecule has 0 rings (SSSR count). The van der Waals surface area contributed by atoms with E-state index in [-0.39, 0.29) is 26.1 Å². The minimum absolute atomic E-state index is 0.0138. The number of carbonyl (C=O) groups is 2. The molecule has 0 aliphatic heterocycles. The Morgan fingerprint density at radius 3 is 1.49 bits per heavy atom. The van der Waals surface area contributed by atoms with Gasteiger partial charge in [0.1, 0.15) is 19.8 Å². The highest BCUT2D eigenvalue weighted by molar-refractivity contribution is 7.47. The summed E-state index contributed by atoms with van der Waals surface area (Å²) < 4.78 is 34.1. The van der Waals surface area contributed by atoms with Crippen molar-refractivity contribution in [2.45, 2.75) is 168 Å². The second-order valence-electron chi connectivity index (χ2n) is 15.0. The van der Waals surface area contributed by atoms with Crippen molar-refractivity contribution in [3.05, 3.63) is 48.6 Å². The highest BCUT2D eigenvalue weighted by Gasteiger charge is 2.27. The summed E-state index contributed by atoms with van der Waals surface area (Å²) in [5, 5.41) is 0. The van der Waals surface area contributed by atoms with Crippen LogP contribution in [0.25, 0.3) is 0 Å². The molecule has 0 heterocycles. The third-order valence-corrected chi connectivity index (χ3v) is 9.59. The van der Waals surface area contributed by atoms with Gasteiger partial charge in [-0.25, -0.2) is 4.57 Å². The van der Waals surface area contributed by atoms with E-state index >= 15 is 0 Å². The Bertz CT molecular complexity index is 1050. The fourth-order valence-electron chi connectivity index (χ4n) is 5.29. The Labute approximate surface area is 324 Å². The molecule has 0 aliphatic carbocycles. The van der Waals surface area contributed by atoms with Crippen LogP contribution in [-0.2, 0) is 32.7 Å². The van der Waals surface area contributed by atoms with Gasteiger partial charge in [0.25, 0.3) is 0 Å². The zero-order chi connectivity index (χ0) is 39.3. The van der Waals surface area contributed by atoms with Crippen molar-refractivity contribution in [1.29, 1.82) is 0 Å². The van der Waals surface area contributed by atoms with E-state index in [1.165, 1.54) is 96.3 Å². The van der Waals surface area contributed by atoms with Crippen LogP contribution < -0.4 is 0 Å². The first-order valence-electron chi connectivity index (χ1n) is 20.9. The molecule has 0 aromatic rings. The summed E-state index contributed by atoms with van der Waals surface area (Å²) in [7, 11) is 1.41. The maximum Gasteiger partial charge on any atom is 0.472 e. The number of phosphoric ester groups is 1. The first-order chi connectivity index (χ1) is 25.5. The number of likely N-dealkylation sites (N-methyl/N-ethyl adjacent to an activating group) is 1. The largest absolute Gasteiger partial charge is 0.472 e. The van der Waals surface area contributed by atoms with Crippen molar-refractivity contribution in [2.75, 3.05) is 47.5 Å². The maximum absolute atomic E-state index is 12.6. The van der Waals surface area contributed by atoms with Crippen molar-refractivity contribution in [3.63, 3.8) is 0 Å². The smallest absolute Gasteiger partial charge is 0.462 e. The molecule has 9 nitrogen and oxygen atoms in total. The highest BCUT2D eigenvalue weighted by Crippen LogP contribution is 2.43. The summed E-state index contributed by atoms with van der Waals surface area (Å²) in [6.45, 7) is 4.27. The molecule has 2 unspecified atom stereocenters. The third kappa shape index (κ3) is 39.5. The van der Waals surface area contributed by atoms with E-state index in [2.05, 4.69) is 38.2 Å². The molecule has 0 saturated carbocycles. The van der Waals surface area contributed by atoms with Crippen molar-refractivity contribution in [2.24, 2.45) is 0 Å². The van der Waals surface area contributed by atoms with E-state index in [1.54, 1.807) is 0 Å². The molecule has 0 spiro atoms. The normalized spacial score (nSPS) is 14.2. The van der Waals surface area contributed by atoms with Gasteiger partial charge >= 0.3 is 19.8 Å². The number of unbranched alkanes of at least 4 members (excludes halogenated alkanes) is 15. The number of phosphoric acid groups is 1. The molecule has 2 atom stereocenters. The Balaban J connectivity index is 4.56. The van der Waals surface area contributed by atoms with Gasteiger partial charge in [0.2, 0.25) is 0 Å². The fraction of sp³-hybridized carbons (Fsp3) is 0.767. The summed E-state index contributed by atoms with van der Waals surface area (Å²) in [5.74, 6) is -0.957. The molecular formula is C43H79NO8P+. The van der Waals surface area contributed by atoms with Gasteiger partial charge in [-0.15, -0.1) is 0 Å². The van der Waals surface area contributed by atoms with E-state index in [0.717, 1.165) is 25.7 Å². The average Bonchev–Trinajstić information content (AvgIpc) is 3.10. The van der Waals surface area contributed by atoms with Crippen molar-refractivity contribution in [3.8, 4) is 0 Å². The minimum Gasteiger partial charge on any atom is -0.462 e. The second kappa shape index (κ2) is 35.7. The second-order valence-corrected chi connectivity index (χ2v) is 16.5. The lowest BCUT2D eigenvalue weighted by atomic mass is 10.1. The van der Waals surface area contributed by atoms with Crippen LogP contribution in [0.5, 0.6) is 0 Å². The number of quaternary nitrogens is 1. The predicted octanol–water partition coefficient (Wildman–Crippen LogP) is 11.5. The summed E-state index contributed by atoms with van der Waals surface area (Å²) in [5.41, 5.74) is 0. The minimum atomic E-state index is -4.40. The van der Waals surface area contributed by atoms with Crippen LogP contribution in [0, 0.1) is 0 Å². The standard InChI is InChI=1S/C43H78NO8P/c1-6-8-10-12-14-16-18-20-22-24-26-28-30-32-34-36-43(46)52-41(40-51-53(47,48)50-38-37-44(3,4)5)39-49-42(45)35-33-31-29-27-25-23-21-19-17-15-13-11-9-7-2/h23-26,29-32,41H,6-22,27-28,33-40H2,1-5H3/p+1/b25-23-,26-24-,31-29-,32-30-. The molecule has 0 aliphatic rings. The van der Waals surface area contributed by atoms with E-state index < -0.39 is 32.5 Å². The quantitative estimate of drug-likeness (QED) is 0.0219. The predicted molar refractivity (Wildman–Crippen MR) is 220 cm³/mol. The number of hydrogen-bond acceptors (Lipinski definition) is 7. The van der Waals surface area contributed by atoms with Crippen molar-refractivity contribution in [1.82, 2.24) is 0 Å². The van der Waals surface area contributed by atoms with E-state index in [0.29, 0.717) is 23.9 Å². The number of ether oxygens (including phenoxy) is 2. The van der Waals surface area contributed by atoms with Gasteiger partial charge < -0.3 is 18.9 Å². The first-order valence-corrected chi connectivity index (χ1v) is 22.4. The van der Waals surface area contributed by atoms with Crippen LogP contribution in [0.4, 0.5) is 0 Å². The summed E-state index contributed by atoms with van der Waals surface area (Å²) >= 11 is 0. The average molecular weight is 769 g/mol. The van der Waals surface area contributed by atoms with Crippen LogP contribution in [0.3, 0.4) is 0 Å². The van der Waals surface area contributed by atoms with Crippen molar-refractivity contribution >= 4 is 19.8 Å². The van der Waals surface area contributed by atoms with E-state index in [9.17, 15) is 19.0 Å². The van der Waals surface area contributed by atoms with E-state index in [1.807, 2.05) is 45.4 Å². The van der Waals surface area contributed by atoms with Gasteiger partial charge in [-0.1, -0.05) is 146 Å². The monoisotopic (exact) mass is 769 g/mol. The fourth-order valence-corrected chi connectivity index (χ4v) is 6.04. The first kappa shape index (κ1) is 51.0. The summed E-state index contributed by atoms with van der Waals surface area (Å²) in [4.78, 5) is 35.2. The molecule has 308 valence electrons. The number of rotatable bonds is 37. The molecule has 0 amide bonds. The summed E-state index contributed by atoms with van der Waals surface area (Å²) in [6, 6.07) is 0. The van der Waals surface area contributed by atoms with Gasteiger partial charge in [-0.2, -0.15) is 0 Å². The molecule has 1 N–H and O–H groups in total. The van der Waals surface area contributed by atoms with Crippen LogP contribution in [0.15, 0.2) is 48.6 Å². The van der Waals surface area contributed by atoms with Crippen molar-refractivity contribution < 1.29 is 42.1 Å². The zero-order valence-electron chi connectivity index (χ0n) is 34.5. The van der Waals surface area contributed by atoms with Gasteiger partial charge in [0.15, 0.2) is 6.10 Å². The van der Waals surface area contributed by atoms with Gasteiger partial charge in [-0.3, -0.25) is 18.6 Å². The summed E-state index contributed by atoms with van der Waals surface area (Å²) in [6.07, 6.45) is 40.5. The van der Waals surface area contributed by atoms with E-state index in [4.69, 9.17) is 18.5 Å². The third-order valence-electron chi connectivity index (χ3n) is 8.61. The number of carbonyl (C=O) groups excluding carboxylic acids is 2. The Hall–Kier alpha value is -2.03. The van der Waals surface area contributed by atoms with Crippen LogP contribution in [0.1, 0.15) is 162 Å². The molecule has 0 saturated heterocycles. The number of allylic oxidation sites excluding steroid dienone is 8. The Morgan fingerprint density at radius 2 is 1.02 bits per heavy atom. The lowest BCUT2D eigenvalue weighted by Crippen LogP contribution is -2.37. The molecule has 0 bridgehead atoms. The molecule has 0 aromatic heterocycles. The van der Waals surface area contributed by atoms with Gasteiger partial charge in [0.05, 0.1) is 27.7 Å². The number of nitrogens with zero attached hydrogens (tertiary/aromatic N) is 1. The van der Waals surface area contributed by atoms with Crippen LogP contribution in [-0.4, -0.2) is 74.9 Å². The van der Waals surface area contributed by atoms with Gasteiger partial charge in [-0.05, 0) is 51.4 Å².